The van der Waals surface area contributed by atoms with Gasteiger partial charge in [-0.15, -0.1) is 0 Å². The molecule has 7 nitrogen and oxygen atoms in total. The maximum Gasteiger partial charge on any atom is 0.320 e. The number of nitrogens with zero attached hydrogens (tertiary/aromatic N) is 5. The number of anilines is 1. The average molecular weight is 317 g/mol. The summed E-state index contributed by atoms with van der Waals surface area (Å²) in [5.74, 6) is 1.05. The van der Waals surface area contributed by atoms with E-state index in [-0.39, 0.29) is 11.9 Å². The van der Waals surface area contributed by atoms with Crippen LogP contribution in [0.25, 0.3) is 0 Å². The van der Waals surface area contributed by atoms with Gasteiger partial charge in [0.05, 0.1) is 0 Å². The second-order valence-electron chi connectivity index (χ2n) is 5.94. The van der Waals surface area contributed by atoms with Gasteiger partial charge in [0.2, 0.25) is 5.91 Å². The van der Waals surface area contributed by atoms with Crippen LogP contribution in [0.3, 0.4) is 0 Å². The Bertz CT molecular complexity index is 549. The summed E-state index contributed by atoms with van der Waals surface area (Å²) in [6, 6.07) is 5.98. The van der Waals surface area contributed by atoms with Gasteiger partial charge in [0.15, 0.2) is 0 Å². The molecule has 2 fully saturated rings. The molecular weight excluding hydrogens is 294 g/mol. The maximum atomic E-state index is 12.6. The predicted molar refractivity (Wildman–Crippen MR) is 87.2 cm³/mol. The molecule has 0 spiro atoms. The minimum Gasteiger partial charge on any atom is -0.353 e. The molecule has 124 valence electrons. The highest BCUT2D eigenvalue weighted by Gasteiger charge is 2.28. The molecule has 2 saturated heterocycles. The Hall–Kier alpha value is -2.31. The molecule has 1 aromatic heterocycles. The van der Waals surface area contributed by atoms with Crippen molar-refractivity contribution in [2.24, 2.45) is 0 Å². The van der Waals surface area contributed by atoms with E-state index in [0.717, 1.165) is 18.9 Å². The number of hydrogen-bond acceptors (Lipinski definition) is 4. The van der Waals surface area contributed by atoms with Crippen LogP contribution < -0.4 is 4.90 Å². The van der Waals surface area contributed by atoms with E-state index < -0.39 is 0 Å². The van der Waals surface area contributed by atoms with Gasteiger partial charge in [0.1, 0.15) is 5.82 Å². The first kappa shape index (κ1) is 15.6. The number of amides is 3. The van der Waals surface area contributed by atoms with E-state index in [1.807, 2.05) is 28.0 Å². The Labute approximate surface area is 136 Å². The number of hydrogen-bond donors (Lipinski definition) is 0. The summed E-state index contributed by atoms with van der Waals surface area (Å²) in [6.45, 7) is 7.12. The summed E-state index contributed by atoms with van der Waals surface area (Å²) in [5, 5.41) is 0. The summed E-state index contributed by atoms with van der Waals surface area (Å²) in [6.07, 6.45) is 1.79. The lowest BCUT2D eigenvalue weighted by Crippen LogP contribution is -2.57. The molecule has 2 aliphatic rings. The minimum absolute atomic E-state index is 0.0843. The molecule has 3 amide bonds. The highest BCUT2D eigenvalue weighted by atomic mass is 16.2. The van der Waals surface area contributed by atoms with Gasteiger partial charge in [-0.1, -0.05) is 6.07 Å². The van der Waals surface area contributed by atoms with Crippen molar-refractivity contribution in [2.45, 2.75) is 6.92 Å². The van der Waals surface area contributed by atoms with Crippen LogP contribution in [-0.2, 0) is 4.79 Å². The molecular formula is C16H23N5O2. The quantitative estimate of drug-likeness (QED) is 0.756. The fraction of sp³-hybridized carbons (Fsp3) is 0.562. The molecule has 3 heterocycles. The SMILES string of the molecule is CC(=O)N1CCN(C(=O)N2CCN(c3ccccn3)CC2)CC1. The molecule has 23 heavy (non-hydrogen) atoms. The standard InChI is InChI=1S/C16H23N5O2/c1-14(22)18-6-10-20(11-7-18)16(23)21-12-8-19(9-13-21)15-4-2-3-5-17-15/h2-5H,6-13H2,1H3. The lowest BCUT2D eigenvalue weighted by atomic mass is 10.3. The number of carbonyl (C=O) groups excluding carboxylic acids is 2. The fourth-order valence-electron chi connectivity index (χ4n) is 3.08. The van der Waals surface area contributed by atoms with Gasteiger partial charge in [-0.25, -0.2) is 9.78 Å². The number of aromatic nitrogens is 1. The number of urea groups is 1. The lowest BCUT2D eigenvalue weighted by molar-refractivity contribution is -0.130. The third-order valence-electron chi connectivity index (χ3n) is 4.52. The summed E-state index contributed by atoms with van der Waals surface area (Å²) >= 11 is 0. The molecule has 7 heteroatoms. The molecule has 0 atom stereocenters. The topological polar surface area (TPSA) is 60.0 Å². The van der Waals surface area contributed by atoms with E-state index in [1.54, 1.807) is 18.0 Å². The van der Waals surface area contributed by atoms with Gasteiger partial charge in [0, 0.05) is 65.5 Å². The van der Waals surface area contributed by atoms with Crippen LogP contribution in [-0.4, -0.2) is 84.0 Å². The first-order valence-corrected chi connectivity index (χ1v) is 8.10. The Morgan fingerprint density at radius 3 is 1.96 bits per heavy atom. The van der Waals surface area contributed by atoms with Crippen LogP contribution in [0, 0.1) is 0 Å². The van der Waals surface area contributed by atoms with E-state index in [9.17, 15) is 9.59 Å². The number of pyridine rings is 1. The predicted octanol–water partition coefficient (Wildman–Crippen LogP) is 0.488. The van der Waals surface area contributed by atoms with Crippen molar-refractivity contribution in [2.75, 3.05) is 57.3 Å². The molecule has 3 rings (SSSR count). The average Bonchev–Trinajstić information content (AvgIpc) is 2.62. The molecule has 0 aromatic carbocycles. The zero-order chi connectivity index (χ0) is 16.2. The summed E-state index contributed by atoms with van der Waals surface area (Å²) in [7, 11) is 0. The zero-order valence-corrected chi connectivity index (χ0v) is 13.5. The maximum absolute atomic E-state index is 12.6. The number of rotatable bonds is 1. The van der Waals surface area contributed by atoms with Crippen LogP contribution in [0.2, 0.25) is 0 Å². The molecule has 0 N–H and O–H groups in total. The molecule has 0 bridgehead atoms. The Morgan fingerprint density at radius 2 is 1.43 bits per heavy atom. The summed E-state index contributed by atoms with van der Waals surface area (Å²) in [4.78, 5) is 36.1. The van der Waals surface area contributed by atoms with Crippen LogP contribution in [0.5, 0.6) is 0 Å². The minimum atomic E-state index is 0.0843. The van der Waals surface area contributed by atoms with E-state index in [2.05, 4.69) is 9.88 Å². The van der Waals surface area contributed by atoms with Crippen molar-refractivity contribution in [3.05, 3.63) is 24.4 Å². The van der Waals surface area contributed by atoms with Crippen molar-refractivity contribution in [1.29, 1.82) is 0 Å². The van der Waals surface area contributed by atoms with E-state index >= 15 is 0 Å². The highest BCUT2D eigenvalue weighted by Crippen LogP contribution is 2.14. The fourth-order valence-corrected chi connectivity index (χ4v) is 3.08. The highest BCUT2D eigenvalue weighted by molar-refractivity contribution is 5.76. The van der Waals surface area contributed by atoms with Gasteiger partial charge in [-0.05, 0) is 12.1 Å². The molecule has 2 aliphatic heterocycles. The smallest absolute Gasteiger partial charge is 0.320 e. The van der Waals surface area contributed by atoms with Crippen molar-refractivity contribution in [3.63, 3.8) is 0 Å². The van der Waals surface area contributed by atoms with Crippen LogP contribution in [0.15, 0.2) is 24.4 Å². The Balaban J connectivity index is 1.50. The van der Waals surface area contributed by atoms with Gasteiger partial charge in [-0.2, -0.15) is 0 Å². The van der Waals surface area contributed by atoms with Gasteiger partial charge >= 0.3 is 6.03 Å². The Morgan fingerprint density at radius 1 is 0.870 bits per heavy atom. The zero-order valence-electron chi connectivity index (χ0n) is 13.5. The molecule has 0 saturated carbocycles. The van der Waals surface area contributed by atoms with Crippen molar-refractivity contribution in [3.8, 4) is 0 Å². The van der Waals surface area contributed by atoms with Gasteiger partial charge < -0.3 is 19.6 Å². The molecule has 0 radical (unpaired) electrons. The van der Waals surface area contributed by atoms with Crippen LogP contribution in [0.4, 0.5) is 10.6 Å². The van der Waals surface area contributed by atoms with E-state index in [4.69, 9.17) is 0 Å². The van der Waals surface area contributed by atoms with Crippen molar-refractivity contribution in [1.82, 2.24) is 19.7 Å². The van der Waals surface area contributed by atoms with E-state index in [1.165, 1.54) is 0 Å². The first-order chi connectivity index (χ1) is 11.1. The van der Waals surface area contributed by atoms with E-state index in [0.29, 0.717) is 39.3 Å². The third-order valence-corrected chi connectivity index (χ3v) is 4.52. The molecule has 0 aliphatic carbocycles. The second kappa shape index (κ2) is 6.85. The molecule has 1 aromatic rings. The summed E-state index contributed by atoms with van der Waals surface area (Å²) < 4.78 is 0. The Kier molecular flexibility index (Phi) is 4.64. The number of carbonyl (C=O) groups is 2. The van der Waals surface area contributed by atoms with Crippen molar-refractivity contribution < 1.29 is 9.59 Å². The number of piperazine rings is 2. The normalized spacial score (nSPS) is 19.0. The monoisotopic (exact) mass is 317 g/mol. The van der Waals surface area contributed by atoms with Gasteiger partial charge in [0.25, 0.3) is 0 Å². The van der Waals surface area contributed by atoms with Crippen LogP contribution in [0.1, 0.15) is 6.92 Å². The van der Waals surface area contributed by atoms with Gasteiger partial charge in [-0.3, -0.25) is 4.79 Å². The van der Waals surface area contributed by atoms with Crippen molar-refractivity contribution >= 4 is 17.8 Å². The summed E-state index contributed by atoms with van der Waals surface area (Å²) in [5.41, 5.74) is 0. The van der Waals surface area contributed by atoms with Crippen LogP contribution >= 0.6 is 0 Å². The second-order valence-corrected chi connectivity index (χ2v) is 5.94. The first-order valence-electron chi connectivity index (χ1n) is 8.10. The largest absolute Gasteiger partial charge is 0.353 e. The molecule has 0 unspecified atom stereocenters. The third kappa shape index (κ3) is 3.55. The lowest BCUT2D eigenvalue weighted by Gasteiger charge is -2.40.